The second-order valence-electron chi connectivity index (χ2n) is 3.05. The van der Waals surface area contributed by atoms with Gasteiger partial charge in [-0.25, -0.2) is 0 Å². The molecule has 0 saturated carbocycles. The van der Waals surface area contributed by atoms with Crippen LogP contribution in [0.15, 0.2) is 0 Å². The van der Waals surface area contributed by atoms with E-state index < -0.39 is 10.8 Å². The van der Waals surface area contributed by atoms with Crippen molar-refractivity contribution in [3.05, 3.63) is 0 Å². The molecule has 0 aromatic carbocycles. The molecule has 0 rings (SSSR count). The largest absolute Gasteiger partial charge is 0.355 e. The number of hydrogen-bond acceptors (Lipinski definition) is 3. The van der Waals surface area contributed by atoms with Crippen LogP contribution in [-0.2, 0) is 15.6 Å². The van der Waals surface area contributed by atoms with Gasteiger partial charge in [0.05, 0.1) is 0 Å². The van der Waals surface area contributed by atoms with Crippen LogP contribution < -0.4 is 11.1 Å². The van der Waals surface area contributed by atoms with E-state index in [-0.39, 0.29) is 11.8 Å². The summed E-state index contributed by atoms with van der Waals surface area (Å²) in [6.45, 7) is 2.84. The van der Waals surface area contributed by atoms with Crippen LogP contribution >= 0.6 is 0 Å². The van der Waals surface area contributed by atoms with Gasteiger partial charge in [0.15, 0.2) is 0 Å². The monoisotopic (exact) mass is 206 g/mol. The molecule has 0 saturated heterocycles. The molecule has 1 amide bonds. The molecule has 2 atom stereocenters. The summed E-state index contributed by atoms with van der Waals surface area (Å²) >= 11 is 0. The van der Waals surface area contributed by atoms with Crippen molar-refractivity contribution in [2.75, 3.05) is 25.1 Å². The van der Waals surface area contributed by atoms with E-state index in [1.54, 1.807) is 6.26 Å². The van der Waals surface area contributed by atoms with Gasteiger partial charge in [0.1, 0.15) is 0 Å². The van der Waals surface area contributed by atoms with E-state index in [1.807, 2.05) is 6.92 Å². The topological polar surface area (TPSA) is 72.2 Å². The van der Waals surface area contributed by atoms with Crippen LogP contribution in [0.1, 0.15) is 13.3 Å². The summed E-state index contributed by atoms with van der Waals surface area (Å²) in [5, 5.41) is 2.71. The lowest BCUT2D eigenvalue weighted by Gasteiger charge is -2.09. The number of carbonyl (C=O) groups is 1. The molecule has 0 aliphatic carbocycles. The Labute approximate surface area is 81.7 Å². The molecule has 0 heterocycles. The fraction of sp³-hybridized carbons (Fsp3) is 0.875. The predicted molar refractivity (Wildman–Crippen MR) is 54.8 cm³/mol. The Balaban J connectivity index is 3.55. The van der Waals surface area contributed by atoms with Crippen LogP contribution in [0.25, 0.3) is 0 Å². The first-order valence-corrected chi connectivity index (χ1v) is 6.08. The van der Waals surface area contributed by atoms with Crippen LogP contribution in [0.3, 0.4) is 0 Å². The van der Waals surface area contributed by atoms with Gasteiger partial charge >= 0.3 is 0 Å². The molecule has 0 spiro atoms. The Hall–Kier alpha value is -0.420. The van der Waals surface area contributed by atoms with E-state index in [1.165, 1.54) is 0 Å². The van der Waals surface area contributed by atoms with Crippen molar-refractivity contribution in [1.82, 2.24) is 5.32 Å². The van der Waals surface area contributed by atoms with Crippen LogP contribution in [0, 0.1) is 5.92 Å². The van der Waals surface area contributed by atoms with Gasteiger partial charge in [-0.3, -0.25) is 9.00 Å². The molecule has 0 aliphatic heterocycles. The molecular weight excluding hydrogens is 188 g/mol. The van der Waals surface area contributed by atoms with Gasteiger partial charge in [-0.1, -0.05) is 6.92 Å². The Morgan fingerprint density at radius 3 is 2.69 bits per heavy atom. The molecule has 0 aromatic rings. The third-order valence-electron chi connectivity index (χ3n) is 1.74. The average molecular weight is 206 g/mol. The fourth-order valence-electron chi connectivity index (χ4n) is 0.873. The lowest BCUT2D eigenvalue weighted by Crippen LogP contribution is -2.33. The predicted octanol–water partition coefficient (Wildman–Crippen LogP) is -0.534. The molecule has 78 valence electrons. The maximum Gasteiger partial charge on any atom is 0.222 e. The third-order valence-corrected chi connectivity index (χ3v) is 2.52. The second-order valence-corrected chi connectivity index (χ2v) is 4.60. The minimum atomic E-state index is -0.838. The van der Waals surface area contributed by atoms with Gasteiger partial charge in [-0.2, -0.15) is 0 Å². The van der Waals surface area contributed by atoms with Crippen LogP contribution in [0.5, 0.6) is 0 Å². The highest BCUT2D eigenvalue weighted by Gasteiger charge is 2.10. The molecule has 4 nitrogen and oxygen atoms in total. The number of carbonyl (C=O) groups excluding carboxylic acids is 1. The van der Waals surface area contributed by atoms with E-state index in [0.29, 0.717) is 25.3 Å². The summed E-state index contributed by atoms with van der Waals surface area (Å²) < 4.78 is 10.7. The van der Waals surface area contributed by atoms with Crippen molar-refractivity contribution in [2.45, 2.75) is 13.3 Å². The molecule has 0 bridgehead atoms. The average Bonchev–Trinajstić information content (AvgIpc) is 2.04. The maximum absolute atomic E-state index is 11.2. The first-order valence-electron chi connectivity index (χ1n) is 4.35. The number of nitrogens with two attached hydrogens (primary N) is 1. The first kappa shape index (κ1) is 12.6. The molecule has 0 aliphatic rings. The van der Waals surface area contributed by atoms with E-state index in [9.17, 15) is 9.00 Å². The molecular formula is C8H18N2O2S. The summed E-state index contributed by atoms with van der Waals surface area (Å²) in [5.41, 5.74) is 5.32. The molecule has 0 aromatic heterocycles. The number of hydrogen-bond donors (Lipinski definition) is 2. The van der Waals surface area contributed by atoms with Gasteiger partial charge in [-0.05, 0) is 13.0 Å². The Morgan fingerprint density at radius 2 is 2.23 bits per heavy atom. The summed E-state index contributed by atoms with van der Waals surface area (Å²) in [7, 11) is -0.838. The van der Waals surface area contributed by atoms with E-state index in [2.05, 4.69) is 5.32 Å². The third kappa shape index (κ3) is 6.72. The summed E-state index contributed by atoms with van der Waals surface area (Å²) in [6, 6.07) is 0. The lowest BCUT2D eigenvalue weighted by atomic mass is 10.1. The second kappa shape index (κ2) is 7.03. The van der Waals surface area contributed by atoms with E-state index >= 15 is 0 Å². The van der Waals surface area contributed by atoms with Gasteiger partial charge in [0.25, 0.3) is 0 Å². The molecule has 2 unspecified atom stereocenters. The molecule has 3 N–H and O–H groups in total. The van der Waals surface area contributed by atoms with E-state index in [4.69, 9.17) is 5.73 Å². The normalized spacial score (nSPS) is 15.0. The Bertz CT molecular complexity index is 185. The Morgan fingerprint density at radius 1 is 1.62 bits per heavy atom. The minimum absolute atomic E-state index is 0.00380. The highest BCUT2D eigenvalue weighted by atomic mass is 32.2. The van der Waals surface area contributed by atoms with Gasteiger partial charge in [0.2, 0.25) is 5.91 Å². The zero-order chi connectivity index (χ0) is 10.3. The lowest BCUT2D eigenvalue weighted by molar-refractivity contribution is -0.124. The minimum Gasteiger partial charge on any atom is -0.355 e. The molecule has 0 radical (unpaired) electrons. The zero-order valence-corrected chi connectivity index (χ0v) is 9.02. The Kier molecular flexibility index (Phi) is 6.80. The smallest absolute Gasteiger partial charge is 0.222 e. The van der Waals surface area contributed by atoms with Crippen molar-refractivity contribution in [3.8, 4) is 0 Å². The highest BCUT2D eigenvalue weighted by molar-refractivity contribution is 7.84. The highest BCUT2D eigenvalue weighted by Crippen LogP contribution is 1.98. The number of nitrogens with one attached hydrogen (secondary N) is 1. The fourth-order valence-corrected chi connectivity index (χ4v) is 1.26. The SMILES string of the molecule is CC(CCN)C(=O)NCCS(C)=O. The standard InChI is InChI=1S/C8H18N2O2S/c1-7(3-4-9)8(11)10-5-6-13(2)12/h7H,3-6,9H2,1-2H3,(H,10,11). The van der Waals surface area contributed by atoms with E-state index in [0.717, 1.165) is 0 Å². The summed E-state index contributed by atoms with van der Waals surface area (Å²) in [5.74, 6) is 0.465. The maximum atomic E-state index is 11.2. The van der Waals surface area contributed by atoms with Crippen LogP contribution in [-0.4, -0.2) is 35.2 Å². The molecule has 5 heteroatoms. The number of rotatable bonds is 6. The van der Waals surface area contributed by atoms with Crippen LogP contribution in [0.2, 0.25) is 0 Å². The van der Waals surface area contributed by atoms with Crippen LogP contribution in [0.4, 0.5) is 0 Å². The summed E-state index contributed by atoms with van der Waals surface area (Å²) in [6.07, 6.45) is 2.32. The van der Waals surface area contributed by atoms with Crippen molar-refractivity contribution < 1.29 is 9.00 Å². The van der Waals surface area contributed by atoms with Crippen molar-refractivity contribution in [3.63, 3.8) is 0 Å². The molecule has 0 fully saturated rings. The van der Waals surface area contributed by atoms with Gasteiger partial charge in [-0.15, -0.1) is 0 Å². The van der Waals surface area contributed by atoms with Crippen molar-refractivity contribution in [2.24, 2.45) is 11.7 Å². The molecule has 13 heavy (non-hydrogen) atoms. The summed E-state index contributed by atoms with van der Waals surface area (Å²) in [4.78, 5) is 11.2. The quantitative estimate of drug-likeness (QED) is 0.613. The van der Waals surface area contributed by atoms with Crippen molar-refractivity contribution in [1.29, 1.82) is 0 Å². The van der Waals surface area contributed by atoms with Crippen molar-refractivity contribution >= 4 is 16.7 Å². The number of amides is 1. The van der Waals surface area contributed by atoms with Gasteiger partial charge in [0, 0.05) is 35.3 Å². The first-order chi connectivity index (χ1) is 6.07. The van der Waals surface area contributed by atoms with Gasteiger partial charge < -0.3 is 11.1 Å². The zero-order valence-electron chi connectivity index (χ0n) is 8.21.